The van der Waals surface area contributed by atoms with Gasteiger partial charge in [0, 0.05) is 12.1 Å². The molecule has 0 radical (unpaired) electrons. The van der Waals surface area contributed by atoms with Gasteiger partial charge in [0.1, 0.15) is 11.5 Å². The molecule has 2 aromatic rings. The van der Waals surface area contributed by atoms with Crippen LogP contribution in [0.25, 0.3) is 0 Å². The number of anilines is 1. The molecule has 2 rings (SSSR count). The number of rotatable bonds is 6. The van der Waals surface area contributed by atoms with Crippen molar-refractivity contribution < 1.29 is 14.3 Å². The molecule has 2 amide bonds. The number of nitrogens with one attached hydrogen (secondary N) is 2. The van der Waals surface area contributed by atoms with E-state index in [4.69, 9.17) is 16.3 Å². The fourth-order valence-electron chi connectivity index (χ4n) is 2.19. The SMILES string of the molecule is CC(C)(C)CC(=O)NCC(=O)Nc1ccc(Oc2ccccc2Cl)cc1. The Morgan fingerprint density at radius 3 is 2.27 bits per heavy atom. The minimum Gasteiger partial charge on any atom is -0.456 e. The highest BCUT2D eigenvalue weighted by atomic mass is 35.5. The lowest BCUT2D eigenvalue weighted by molar-refractivity contribution is -0.125. The number of hydrogen-bond acceptors (Lipinski definition) is 3. The van der Waals surface area contributed by atoms with E-state index in [1.54, 1.807) is 36.4 Å². The van der Waals surface area contributed by atoms with Gasteiger partial charge in [-0.2, -0.15) is 0 Å². The van der Waals surface area contributed by atoms with Gasteiger partial charge in [0.05, 0.1) is 11.6 Å². The monoisotopic (exact) mass is 374 g/mol. The van der Waals surface area contributed by atoms with Crippen LogP contribution in [0.5, 0.6) is 11.5 Å². The Balaban J connectivity index is 1.84. The number of carbonyl (C=O) groups is 2. The topological polar surface area (TPSA) is 67.4 Å². The highest BCUT2D eigenvalue weighted by molar-refractivity contribution is 6.32. The molecule has 0 saturated heterocycles. The first kappa shape index (κ1) is 19.8. The third-order valence-electron chi connectivity index (χ3n) is 3.34. The third kappa shape index (κ3) is 6.76. The molecule has 2 N–H and O–H groups in total. The second-order valence-electron chi connectivity index (χ2n) is 7.12. The molecule has 5 nitrogen and oxygen atoms in total. The number of carbonyl (C=O) groups excluding carboxylic acids is 2. The molecule has 26 heavy (non-hydrogen) atoms. The van der Waals surface area contributed by atoms with E-state index in [2.05, 4.69) is 10.6 Å². The van der Waals surface area contributed by atoms with Gasteiger partial charge in [-0.05, 0) is 41.8 Å². The van der Waals surface area contributed by atoms with E-state index in [1.165, 1.54) is 0 Å². The van der Waals surface area contributed by atoms with Gasteiger partial charge in [-0.1, -0.05) is 44.5 Å². The van der Waals surface area contributed by atoms with Crippen LogP contribution in [0.2, 0.25) is 5.02 Å². The second kappa shape index (κ2) is 8.72. The summed E-state index contributed by atoms with van der Waals surface area (Å²) in [5.74, 6) is 0.741. The predicted molar refractivity (Wildman–Crippen MR) is 104 cm³/mol. The van der Waals surface area contributed by atoms with Crippen LogP contribution >= 0.6 is 11.6 Å². The summed E-state index contributed by atoms with van der Waals surface area (Å²) in [6.07, 6.45) is 0.369. The second-order valence-corrected chi connectivity index (χ2v) is 7.53. The van der Waals surface area contributed by atoms with Gasteiger partial charge in [-0.15, -0.1) is 0 Å². The average molecular weight is 375 g/mol. The van der Waals surface area contributed by atoms with Gasteiger partial charge in [0.15, 0.2) is 0 Å². The molecule has 0 saturated carbocycles. The summed E-state index contributed by atoms with van der Waals surface area (Å²) in [5.41, 5.74) is 0.504. The number of hydrogen-bond donors (Lipinski definition) is 2. The molecule has 0 aliphatic rings. The highest BCUT2D eigenvalue weighted by Gasteiger charge is 2.16. The molecule has 0 spiro atoms. The average Bonchev–Trinajstić information content (AvgIpc) is 2.55. The van der Waals surface area contributed by atoms with Crippen LogP contribution in [0, 0.1) is 5.41 Å². The zero-order valence-electron chi connectivity index (χ0n) is 15.1. The van der Waals surface area contributed by atoms with Crippen molar-refractivity contribution in [3.8, 4) is 11.5 Å². The molecule has 0 unspecified atom stereocenters. The molecule has 138 valence electrons. The lowest BCUT2D eigenvalue weighted by atomic mass is 9.92. The van der Waals surface area contributed by atoms with Crippen LogP contribution in [0.3, 0.4) is 0 Å². The zero-order chi connectivity index (χ0) is 19.2. The van der Waals surface area contributed by atoms with Gasteiger partial charge in [-0.25, -0.2) is 0 Å². The van der Waals surface area contributed by atoms with Crippen LogP contribution in [-0.4, -0.2) is 18.4 Å². The van der Waals surface area contributed by atoms with Crippen molar-refractivity contribution >= 4 is 29.1 Å². The summed E-state index contributed by atoms with van der Waals surface area (Å²) in [6, 6.07) is 14.1. The van der Waals surface area contributed by atoms with Crippen molar-refractivity contribution in [2.75, 3.05) is 11.9 Å². The molecular weight excluding hydrogens is 352 g/mol. The zero-order valence-corrected chi connectivity index (χ0v) is 15.9. The minimum atomic E-state index is -0.285. The molecule has 0 fully saturated rings. The van der Waals surface area contributed by atoms with E-state index in [0.29, 0.717) is 28.6 Å². The van der Waals surface area contributed by atoms with Gasteiger partial charge >= 0.3 is 0 Å². The van der Waals surface area contributed by atoms with Crippen molar-refractivity contribution in [1.29, 1.82) is 0 Å². The molecular formula is C20H23ClN2O3. The van der Waals surface area contributed by atoms with Gasteiger partial charge < -0.3 is 15.4 Å². The number of ether oxygens (including phenoxy) is 1. The molecule has 0 aromatic heterocycles. The molecule has 0 atom stereocenters. The normalized spacial score (nSPS) is 10.9. The number of halogens is 1. The summed E-state index contributed by atoms with van der Waals surface area (Å²) >= 11 is 6.06. The number of amides is 2. The quantitative estimate of drug-likeness (QED) is 0.775. The predicted octanol–water partition coefficient (Wildman–Crippen LogP) is 4.62. The first-order valence-electron chi connectivity index (χ1n) is 8.32. The Labute approximate surface area is 158 Å². The van der Waals surface area contributed by atoms with Crippen molar-refractivity contribution in [3.05, 3.63) is 53.6 Å². The van der Waals surface area contributed by atoms with Crippen molar-refractivity contribution in [2.45, 2.75) is 27.2 Å². The summed E-state index contributed by atoms with van der Waals surface area (Å²) in [7, 11) is 0. The fraction of sp³-hybridized carbons (Fsp3) is 0.300. The molecule has 0 heterocycles. The van der Waals surface area contributed by atoms with Gasteiger partial charge in [0.2, 0.25) is 11.8 Å². The summed E-state index contributed by atoms with van der Waals surface area (Å²) in [6.45, 7) is 5.85. The molecule has 0 aliphatic heterocycles. The number of para-hydroxylation sites is 1. The maximum Gasteiger partial charge on any atom is 0.243 e. The largest absolute Gasteiger partial charge is 0.456 e. The standard InChI is InChI=1S/C20H23ClN2O3/c1-20(2,3)12-18(24)22-13-19(25)23-14-8-10-15(11-9-14)26-17-7-5-4-6-16(17)21/h4-11H,12-13H2,1-3H3,(H,22,24)(H,23,25). The number of benzene rings is 2. The van der Waals surface area contributed by atoms with E-state index in [1.807, 2.05) is 32.9 Å². The Kier molecular flexibility index (Phi) is 6.64. The van der Waals surface area contributed by atoms with Crippen molar-refractivity contribution in [2.24, 2.45) is 5.41 Å². The van der Waals surface area contributed by atoms with Crippen LogP contribution in [0.15, 0.2) is 48.5 Å². The summed E-state index contributed by atoms with van der Waals surface area (Å²) < 4.78 is 5.69. The molecule has 6 heteroatoms. The maximum atomic E-state index is 11.9. The summed E-state index contributed by atoms with van der Waals surface area (Å²) in [4.78, 5) is 23.7. The van der Waals surface area contributed by atoms with E-state index in [0.717, 1.165) is 0 Å². The van der Waals surface area contributed by atoms with Crippen LogP contribution < -0.4 is 15.4 Å². The highest BCUT2D eigenvalue weighted by Crippen LogP contribution is 2.29. The Morgan fingerprint density at radius 1 is 1.00 bits per heavy atom. The first-order valence-corrected chi connectivity index (χ1v) is 8.70. The first-order chi connectivity index (χ1) is 12.2. The lowest BCUT2D eigenvalue weighted by Crippen LogP contribution is -2.34. The minimum absolute atomic E-state index is 0.0627. The van der Waals surface area contributed by atoms with Crippen LogP contribution in [0.1, 0.15) is 27.2 Å². The Morgan fingerprint density at radius 2 is 1.65 bits per heavy atom. The van der Waals surface area contributed by atoms with Gasteiger partial charge in [-0.3, -0.25) is 9.59 Å². The molecule has 0 aliphatic carbocycles. The van der Waals surface area contributed by atoms with Crippen LogP contribution in [0.4, 0.5) is 5.69 Å². The van der Waals surface area contributed by atoms with E-state index < -0.39 is 0 Å². The van der Waals surface area contributed by atoms with Crippen LogP contribution in [-0.2, 0) is 9.59 Å². The van der Waals surface area contributed by atoms with Crippen molar-refractivity contribution in [1.82, 2.24) is 5.32 Å². The molecule has 0 bridgehead atoms. The lowest BCUT2D eigenvalue weighted by Gasteiger charge is -2.17. The van der Waals surface area contributed by atoms with E-state index >= 15 is 0 Å². The fourth-order valence-corrected chi connectivity index (χ4v) is 2.36. The van der Waals surface area contributed by atoms with E-state index in [9.17, 15) is 9.59 Å². The summed E-state index contributed by atoms with van der Waals surface area (Å²) in [5, 5.41) is 5.87. The van der Waals surface area contributed by atoms with Gasteiger partial charge in [0.25, 0.3) is 0 Å². The Hall–Kier alpha value is -2.53. The maximum absolute atomic E-state index is 11.9. The molecule has 2 aromatic carbocycles. The van der Waals surface area contributed by atoms with E-state index in [-0.39, 0.29) is 23.8 Å². The van der Waals surface area contributed by atoms with Crippen molar-refractivity contribution in [3.63, 3.8) is 0 Å². The third-order valence-corrected chi connectivity index (χ3v) is 3.65. The smallest absolute Gasteiger partial charge is 0.243 e. The Bertz CT molecular complexity index is 767.